The van der Waals surface area contributed by atoms with E-state index >= 15 is 0 Å². The van der Waals surface area contributed by atoms with Crippen LogP contribution in [0.1, 0.15) is 38.7 Å². The highest BCUT2D eigenvalue weighted by atomic mass is 14.9. The van der Waals surface area contributed by atoms with Crippen LogP contribution in [0.25, 0.3) is 5.57 Å². The van der Waals surface area contributed by atoms with Crippen molar-refractivity contribution in [2.45, 2.75) is 33.1 Å². The standard InChI is InChI=1S/C16H18N2/c1-10(2)15-11-6-3-4-8-13(11)18-14-9-5-7-12(17)16(14)15/h3-4,6,8,17-18H,5,7,9H2,1-2H3. The first-order valence-corrected chi connectivity index (χ1v) is 6.53. The zero-order valence-corrected chi connectivity index (χ0v) is 10.9. The third-order valence-corrected chi connectivity index (χ3v) is 3.69. The lowest BCUT2D eigenvalue weighted by molar-refractivity contribution is 0.825. The fourth-order valence-corrected chi connectivity index (χ4v) is 2.93. The van der Waals surface area contributed by atoms with Crippen molar-refractivity contribution in [3.8, 4) is 0 Å². The molecule has 1 aliphatic heterocycles. The van der Waals surface area contributed by atoms with E-state index in [4.69, 9.17) is 5.41 Å². The Morgan fingerprint density at radius 1 is 1.17 bits per heavy atom. The third kappa shape index (κ3) is 1.60. The van der Waals surface area contributed by atoms with E-state index in [1.807, 2.05) is 0 Å². The van der Waals surface area contributed by atoms with E-state index in [1.54, 1.807) is 0 Å². The van der Waals surface area contributed by atoms with Gasteiger partial charge in [0.1, 0.15) is 0 Å². The normalized spacial score (nSPS) is 18.1. The number of para-hydroxylation sites is 1. The van der Waals surface area contributed by atoms with Crippen LogP contribution in [0.4, 0.5) is 5.69 Å². The molecule has 1 aromatic carbocycles. The fourth-order valence-electron chi connectivity index (χ4n) is 2.93. The SMILES string of the molecule is CC(C)=C1C2=C(CCCC2=N)Nc2ccccc21. The second kappa shape index (κ2) is 4.13. The first-order valence-electron chi connectivity index (χ1n) is 6.53. The van der Waals surface area contributed by atoms with E-state index in [0.717, 1.165) is 30.5 Å². The Morgan fingerprint density at radius 2 is 1.94 bits per heavy atom. The maximum atomic E-state index is 8.25. The van der Waals surface area contributed by atoms with Gasteiger partial charge in [0, 0.05) is 28.2 Å². The summed E-state index contributed by atoms with van der Waals surface area (Å²) in [6.07, 6.45) is 3.05. The number of allylic oxidation sites excluding steroid dienone is 4. The minimum atomic E-state index is 0.787. The van der Waals surface area contributed by atoms with E-state index in [2.05, 4.69) is 43.4 Å². The van der Waals surface area contributed by atoms with E-state index in [1.165, 1.54) is 28.1 Å². The lowest BCUT2D eigenvalue weighted by atomic mass is 9.81. The molecular formula is C16H18N2. The van der Waals surface area contributed by atoms with Crippen LogP contribution in [-0.2, 0) is 0 Å². The predicted molar refractivity (Wildman–Crippen MR) is 76.9 cm³/mol. The predicted octanol–water partition coefficient (Wildman–Crippen LogP) is 4.36. The summed E-state index contributed by atoms with van der Waals surface area (Å²) in [6, 6.07) is 8.41. The van der Waals surface area contributed by atoms with Gasteiger partial charge in [0.15, 0.2) is 0 Å². The maximum absolute atomic E-state index is 8.25. The Hall–Kier alpha value is -1.83. The highest BCUT2D eigenvalue weighted by Crippen LogP contribution is 2.42. The van der Waals surface area contributed by atoms with Gasteiger partial charge in [-0.1, -0.05) is 23.8 Å². The molecule has 0 saturated heterocycles. The average molecular weight is 238 g/mol. The molecule has 1 aliphatic carbocycles. The molecule has 2 nitrogen and oxygen atoms in total. The third-order valence-electron chi connectivity index (χ3n) is 3.69. The van der Waals surface area contributed by atoms with Crippen molar-refractivity contribution in [2.75, 3.05) is 5.32 Å². The molecule has 18 heavy (non-hydrogen) atoms. The quantitative estimate of drug-likeness (QED) is 0.692. The summed E-state index contributed by atoms with van der Waals surface area (Å²) >= 11 is 0. The summed E-state index contributed by atoms with van der Waals surface area (Å²) in [5, 5.41) is 11.8. The lowest BCUT2D eigenvalue weighted by Gasteiger charge is -2.31. The molecule has 0 radical (unpaired) electrons. The number of fused-ring (bicyclic) bond motifs is 1. The Kier molecular flexibility index (Phi) is 2.58. The molecule has 2 heteroatoms. The minimum Gasteiger partial charge on any atom is -0.358 e. The Labute approximate surface area is 108 Å². The van der Waals surface area contributed by atoms with Gasteiger partial charge in [0.25, 0.3) is 0 Å². The van der Waals surface area contributed by atoms with Gasteiger partial charge in [-0.2, -0.15) is 0 Å². The number of hydrogen-bond acceptors (Lipinski definition) is 2. The van der Waals surface area contributed by atoms with Crippen molar-refractivity contribution in [3.05, 3.63) is 46.7 Å². The Morgan fingerprint density at radius 3 is 2.72 bits per heavy atom. The lowest BCUT2D eigenvalue weighted by Crippen LogP contribution is -2.22. The number of benzene rings is 1. The molecule has 0 unspecified atom stereocenters. The van der Waals surface area contributed by atoms with E-state index in [0.29, 0.717) is 0 Å². The summed E-state index contributed by atoms with van der Waals surface area (Å²) in [5.41, 5.74) is 8.16. The molecular weight excluding hydrogens is 220 g/mol. The molecule has 1 aromatic rings. The molecule has 0 fully saturated rings. The molecule has 0 bridgehead atoms. The zero-order valence-electron chi connectivity index (χ0n) is 10.9. The second-order valence-electron chi connectivity index (χ2n) is 5.23. The van der Waals surface area contributed by atoms with Gasteiger partial charge in [0.2, 0.25) is 0 Å². The number of rotatable bonds is 0. The zero-order chi connectivity index (χ0) is 12.7. The highest BCUT2D eigenvalue weighted by Gasteiger charge is 2.27. The van der Waals surface area contributed by atoms with Gasteiger partial charge >= 0.3 is 0 Å². The molecule has 1 heterocycles. The highest BCUT2D eigenvalue weighted by molar-refractivity contribution is 6.16. The summed E-state index contributed by atoms with van der Waals surface area (Å²) < 4.78 is 0. The van der Waals surface area contributed by atoms with Crippen LogP contribution in [0.15, 0.2) is 41.1 Å². The van der Waals surface area contributed by atoms with Crippen LogP contribution in [0, 0.1) is 5.41 Å². The van der Waals surface area contributed by atoms with Crippen LogP contribution in [-0.4, -0.2) is 5.71 Å². The molecule has 0 saturated carbocycles. The van der Waals surface area contributed by atoms with Gasteiger partial charge in [0.05, 0.1) is 0 Å². The van der Waals surface area contributed by atoms with Gasteiger partial charge < -0.3 is 10.7 Å². The Bertz CT molecular complexity index is 587. The molecule has 0 aromatic heterocycles. The molecule has 2 N–H and O–H groups in total. The van der Waals surface area contributed by atoms with Gasteiger partial charge in [-0.05, 0) is 44.7 Å². The first kappa shape index (κ1) is 11.3. The monoisotopic (exact) mass is 238 g/mol. The molecule has 0 atom stereocenters. The van der Waals surface area contributed by atoms with E-state index < -0.39 is 0 Å². The number of hydrogen-bond donors (Lipinski definition) is 2. The van der Waals surface area contributed by atoms with Gasteiger partial charge in [-0.3, -0.25) is 0 Å². The topological polar surface area (TPSA) is 35.9 Å². The fraction of sp³-hybridized carbons (Fsp3) is 0.312. The van der Waals surface area contributed by atoms with Gasteiger partial charge in [-0.25, -0.2) is 0 Å². The van der Waals surface area contributed by atoms with E-state index in [9.17, 15) is 0 Å². The van der Waals surface area contributed by atoms with Crippen LogP contribution in [0.3, 0.4) is 0 Å². The van der Waals surface area contributed by atoms with Crippen molar-refractivity contribution >= 4 is 17.0 Å². The minimum absolute atomic E-state index is 0.787. The van der Waals surface area contributed by atoms with Crippen LogP contribution >= 0.6 is 0 Å². The average Bonchev–Trinajstić information content (AvgIpc) is 2.36. The summed E-state index contributed by atoms with van der Waals surface area (Å²) in [5.74, 6) is 0. The summed E-state index contributed by atoms with van der Waals surface area (Å²) in [4.78, 5) is 0. The maximum Gasteiger partial charge on any atom is 0.0461 e. The van der Waals surface area contributed by atoms with Crippen molar-refractivity contribution in [2.24, 2.45) is 0 Å². The smallest absolute Gasteiger partial charge is 0.0461 e. The molecule has 3 rings (SSSR count). The number of anilines is 1. The van der Waals surface area contributed by atoms with Crippen molar-refractivity contribution in [3.63, 3.8) is 0 Å². The van der Waals surface area contributed by atoms with Crippen molar-refractivity contribution in [1.82, 2.24) is 0 Å². The Balaban J connectivity index is 2.27. The molecule has 2 aliphatic rings. The molecule has 0 spiro atoms. The van der Waals surface area contributed by atoms with Gasteiger partial charge in [-0.15, -0.1) is 0 Å². The van der Waals surface area contributed by atoms with Crippen LogP contribution in [0.5, 0.6) is 0 Å². The number of nitrogens with one attached hydrogen (secondary N) is 2. The van der Waals surface area contributed by atoms with Crippen molar-refractivity contribution < 1.29 is 0 Å². The molecule has 0 amide bonds. The summed E-state index contributed by atoms with van der Waals surface area (Å²) in [6.45, 7) is 4.29. The largest absolute Gasteiger partial charge is 0.358 e. The van der Waals surface area contributed by atoms with Crippen LogP contribution in [0.2, 0.25) is 0 Å². The summed E-state index contributed by atoms with van der Waals surface area (Å²) in [7, 11) is 0. The first-order chi connectivity index (χ1) is 8.68. The molecule has 92 valence electrons. The van der Waals surface area contributed by atoms with E-state index in [-0.39, 0.29) is 0 Å². The van der Waals surface area contributed by atoms with Crippen LogP contribution < -0.4 is 5.32 Å². The second-order valence-corrected chi connectivity index (χ2v) is 5.23. The van der Waals surface area contributed by atoms with Crippen molar-refractivity contribution in [1.29, 1.82) is 5.41 Å².